The minimum atomic E-state index is -3.46. The molecule has 226 valence electrons. The van der Waals surface area contributed by atoms with E-state index in [0.717, 1.165) is 20.3 Å². The zero-order valence-corrected chi connectivity index (χ0v) is 28.3. The van der Waals surface area contributed by atoms with Gasteiger partial charge in [-0.15, -0.1) is 0 Å². The van der Waals surface area contributed by atoms with Gasteiger partial charge in [-0.2, -0.15) is 0 Å². The molecule has 5 atom stereocenters. The molecule has 0 bridgehead atoms. The highest BCUT2D eigenvalue weighted by Gasteiger charge is 2.67. The lowest BCUT2D eigenvalue weighted by Gasteiger charge is -2.37. The number of carbonyl (C=O) groups excluding carboxylic acids is 2. The lowest BCUT2D eigenvalue weighted by Crippen LogP contribution is -2.48. The summed E-state index contributed by atoms with van der Waals surface area (Å²) in [7, 11) is -3.46. The molecular formula is C33H35ClFIN2O4Si. The first kappa shape index (κ1) is 30.7. The summed E-state index contributed by atoms with van der Waals surface area (Å²) < 4.78 is 24.1. The Kier molecular flexibility index (Phi) is 8.25. The van der Waals surface area contributed by atoms with Gasteiger partial charge in [-0.3, -0.25) is 9.59 Å². The predicted octanol–water partition coefficient (Wildman–Crippen LogP) is 6.60. The zero-order valence-electron chi connectivity index (χ0n) is 24.4. The fraction of sp³-hybridized carbons (Fsp3) is 0.394. The van der Waals surface area contributed by atoms with Gasteiger partial charge in [-0.1, -0.05) is 54.9 Å². The molecule has 6 nitrogen and oxygen atoms in total. The molecule has 0 unspecified atom stereocenters. The molecule has 0 radical (unpaired) electrons. The van der Waals surface area contributed by atoms with E-state index in [1.165, 1.54) is 0 Å². The van der Waals surface area contributed by atoms with Crippen LogP contribution in [0.25, 0.3) is 0 Å². The van der Waals surface area contributed by atoms with Gasteiger partial charge >= 0.3 is 0 Å². The fourth-order valence-electron chi connectivity index (χ4n) is 7.48. The molecule has 0 aliphatic carbocycles. The van der Waals surface area contributed by atoms with Crippen LogP contribution in [0.2, 0.25) is 23.7 Å². The van der Waals surface area contributed by atoms with Crippen molar-refractivity contribution in [3.63, 3.8) is 0 Å². The molecule has 3 aliphatic rings. The number of hydrogen-bond donors (Lipinski definition) is 1. The summed E-state index contributed by atoms with van der Waals surface area (Å²) in [6, 6.07) is 20.9. The Labute approximate surface area is 271 Å². The lowest BCUT2D eigenvalue weighted by molar-refractivity contribution is -0.151. The van der Waals surface area contributed by atoms with Gasteiger partial charge in [0.25, 0.3) is 5.91 Å². The third-order valence-electron chi connectivity index (χ3n) is 9.44. The van der Waals surface area contributed by atoms with Gasteiger partial charge in [0.2, 0.25) is 14.3 Å². The van der Waals surface area contributed by atoms with Crippen LogP contribution in [0.4, 0.5) is 9.80 Å². The molecule has 1 saturated heterocycles. The monoisotopic (exact) mass is 732 g/mol. The average Bonchev–Trinajstić information content (AvgIpc) is 3.39. The van der Waals surface area contributed by atoms with Crippen LogP contribution >= 0.6 is 34.2 Å². The van der Waals surface area contributed by atoms with Crippen LogP contribution in [0.15, 0.2) is 66.7 Å². The number of halogens is 3. The number of ether oxygens (including phenoxy) is 1. The second kappa shape index (κ2) is 11.6. The zero-order chi connectivity index (χ0) is 30.7. The van der Waals surface area contributed by atoms with Crippen molar-refractivity contribution >= 4 is 60.1 Å². The number of rotatable bonds is 6. The molecule has 0 saturated carbocycles. The van der Waals surface area contributed by atoms with Crippen LogP contribution in [0.5, 0.6) is 0 Å². The van der Waals surface area contributed by atoms with Crippen molar-refractivity contribution < 1.29 is 23.5 Å². The highest BCUT2D eigenvalue weighted by molar-refractivity contribution is 14.1. The number of amides is 2. The quantitative estimate of drug-likeness (QED) is 0.176. The van der Waals surface area contributed by atoms with Gasteiger partial charge < -0.3 is 23.8 Å². The molecule has 3 aromatic carbocycles. The number of aliphatic hydroxyl groups is 1. The minimum absolute atomic E-state index is 0.0733. The molecule has 1 N–H and O–H groups in total. The summed E-state index contributed by atoms with van der Waals surface area (Å²) in [5.41, 5.74) is 2.36. The molecule has 3 aromatic rings. The maximum absolute atomic E-state index is 16.3. The van der Waals surface area contributed by atoms with Crippen LogP contribution in [0.1, 0.15) is 35.6 Å². The standard InChI is InChI=1S/C33H35ClFIN2O4Si/c1-20-31(43(2,3)35)29(16-30(40)37-18-23-7-5-4-6-22(23)14-26(37)19-39)42-33(20)27-15-24(34)10-13-28(27)38(32(33)41)17-21-8-11-25(36)12-9-21/h4-13,15,20,26,29,31,39H,14,16-19H2,1-3H3/t20-,26+,29+,31-,33+/m1/s1. The summed E-state index contributed by atoms with van der Waals surface area (Å²) in [4.78, 5) is 31.9. The predicted molar refractivity (Wildman–Crippen MR) is 176 cm³/mol. The van der Waals surface area contributed by atoms with E-state index in [9.17, 15) is 14.7 Å². The summed E-state index contributed by atoms with van der Waals surface area (Å²) in [6.07, 6.45) is -0.329. The van der Waals surface area contributed by atoms with Crippen molar-refractivity contribution in [1.82, 2.24) is 4.90 Å². The number of nitrogens with zero attached hydrogens (tertiary/aromatic N) is 2. The van der Waals surface area contributed by atoms with Gasteiger partial charge in [-0.25, -0.2) is 0 Å². The Morgan fingerprint density at radius 2 is 1.84 bits per heavy atom. The molecule has 6 rings (SSSR count). The first-order chi connectivity index (χ1) is 20.4. The first-order valence-electron chi connectivity index (χ1n) is 14.6. The fourth-order valence-corrected chi connectivity index (χ4v) is 10.5. The Balaban J connectivity index is 1.35. The van der Waals surface area contributed by atoms with E-state index in [0.29, 0.717) is 35.8 Å². The second-order valence-corrected chi connectivity index (χ2v) is 18.0. The topological polar surface area (TPSA) is 70.1 Å². The van der Waals surface area contributed by atoms with Crippen molar-refractivity contribution in [2.45, 2.75) is 69.2 Å². The molecule has 3 heterocycles. The molecule has 0 aromatic heterocycles. The molecule has 1 fully saturated rings. The summed E-state index contributed by atoms with van der Waals surface area (Å²) in [5, 5.41) is 10.6. The molecule has 43 heavy (non-hydrogen) atoms. The molecule has 10 heteroatoms. The van der Waals surface area contributed by atoms with Crippen molar-refractivity contribution in [3.8, 4) is 0 Å². The van der Waals surface area contributed by atoms with E-state index >= 15 is 4.11 Å². The molecule has 2 amide bonds. The second-order valence-electron chi connectivity index (χ2n) is 12.5. The number of benzene rings is 3. The van der Waals surface area contributed by atoms with Crippen molar-refractivity contribution in [2.24, 2.45) is 5.92 Å². The van der Waals surface area contributed by atoms with E-state index in [4.69, 9.17) is 16.3 Å². The molecule has 3 aliphatic heterocycles. The molecular weight excluding hydrogens is 698 g/mol. The number of fused-ring (bicyclic) bond motifs is 3. The van der Waals surface area contributed by atoms with Crippen LogP contribution < -0.4 is 4.90 Å². The van der Waals surface area contributed by atoms with E-state index in [-0.39, 0.29) is 30.9 Å². The van der Waals surface area contributed by atoms with Gasteiger partial charge in [0.1, 0.15) is 0 Å². The van der Waals surface area contributed by atoms with Gasteiger partial charge in [0.05, 0.1) is 37.4 Å². The van der Waals surface area contributed by atoms with E-state index in [1.54, 1.807) is 35.0 Å². The van der Waals surface area contributed by atoms with E-state index in [2.05, 4.69) is 22.6 Å². The largest absolute Gasteiger partial charge is 0.394 e. The summed E-state index contributed by atoms with van der Waals surface area (Å²) in [6.45, 7) is 5.67. The highest BCUT2D eigenvalue weighted by atomic mass is 127. The number of carbonyl (C=O) groups is 2. The van der Waals surface area contributed by atoms with E-state index < -0.39 is 31.6 Å². The summed E-state index contributed by atoms with van der Waals surface area (Å²) in [5.74, 6) is -0.994. The Hall–Kier alpha value is -2.31. The van der Waals surface area contributed by atoms with Crippen LogP contribution in [-0.2, 0) is 39.4 Å². The third kappa shape index (κ3) is 5.35. The van der Waals surface area contributed by atoms with Crippen LogP contribution in [-0.4, -0.2) is 49.0 Å². The Morgan fingerprint density at radius 1 is 1.14 bits per heavy atom. The van der Waals surface area contributed by atoms with Gasteiger partial charge in [0.15, 0.2) is 5.60 Å². The maximum Gasteiger partial charge on any atom is 0.264 e. The Bertz CT molecular complexity index is 1570. The van der Waals surface area contributed by atoms with E-state index in [1.807, 2.05) is 61.5 Å². The van der Waals surface area contributed by atoms with Gasteiger partial charge in [0, 0.05) is 32.2 Å². The Morgan fingerprint density at radius 3 is 2.51 bits per heavy atom. The smallest absolute Gasteiger partial charge is 0.264 e. The number of hydrogen-bond acceptors (Lipinski definition) is 4. The average molecular weight is 733 g/mol. The normalized spacial score (nSPS) is 26.6. The highest BCUT2D eigenvalue weighted by Crippen LogP contribution is 2.60. The van der Waals surface area contributed by atoms with Crippen LogP contribution in [0, 0.1) is 9.49 Å². The third-order valence-corrected chi connectivity index (χ3v) is 12.9. The maximum atomic E-state index is 16.3. The van der Waals surface area contributed by atoms with Crippen molar-refractivity contribution in [3.05, 3.63) is 97.6 Å². The van der Waals surface area contributed by atoms with Crippen molar-refractivity contribution in [1.29, 1.82) is 0 Å². The summed E-state index contributed by atoms with van der Waals surface area (Å²) >= 11 is 8.74. The minimum Gasteiger partial charge on any atom is -0.394 e. The molecule has 1 spiro atoms. The van der Waals surface area contributed by atoms with Crippen LogP contribution in [0.3, 0.4) is 0 Å². The van der Waals surface area contributed by atoms with Gasteiger partial charge in [-0.05, 0) is 89.1 Å². The van der Waals surface area contributed by atoms with Crippen molar-refractivity contribution in [2.75, 3.05) is 11.5 Å². The first-order valence-corrected chi connectivity index (χ1v) is 19.1. The lowest BCUT2D eigenvalue weighted by atomic mass is 9.82. The number of anilines is 1. The SMILES string of the molecule is C[C@@H]1[C@@H]([Si](C)(C)F)[C@H](CC(=O)N2Cc3ccccc3C[C@H]2CO)O[C@@]12C(=O)N(Cc1ccc(I)cc1)c1ccc(Cl)cc12. The number of aliphatic hydroxyl groups excluding tert-OH is 1.